The standard InChI is InChI=1S/C25H22F2N4O3/c1-15-4-2-3-5-21(15)31-22(33)9-8-20(29-31)24-23(18-7-6-16(26)14-19(18)27)28-25(34-24)30-12-10-17(32)11-13-30/h2-9,14,17,32H,10-13H2,1H3. The van der Waals surface area contributed by atoms with E-state index in [2.05, 4.69) is 10.1 Å². The zero-order chi connectivity index (χ0) is 23.8. The topological polar surface area (TPSA) is 84.4 Å². The molecule has 34 heavy (non-hydrogen) atoms. The van der Waals surface area contributed by atoms with Crippen molar-refractivity contribution in [2.24, 2.45) is 0 Å². The molecule has 0 unspecified atom stereocenters. The molecule has 0 amide bonds. The Hall–Kier alpha value is -3.85. The Balaban J connectivity index is 1.67. The summed E-state index contributed by atoms with van der Waals surface area (Å²) in [6, 6.07) is 13.6. The zero-order valence-electron chi connectivity index (χ0n) is 18.4. The molecule has 7 nitrogen and oxygen atoms in total. The molecule has 0 bridgehead atoms. The van der Waals surface area contributed by atoms with Crippen molar-refractivity contribution in [3.63, 3.8) is 0 Å². The van der Waals surface area contributed by atoms with E-state index >= 15 is 0 Å². The van der Waals surface area contributed by atoms with Crippen LogP contribution in [0.15, 0.2) is 63.8 Å². The normalized spacial score (nSPS) is 14.5. The van der Waals surface area contributed by atoms with Gasteiger partial charge in [0.25, 0.3) is 11.6 Å². The molecule has 5 rings (SSSR count). The van der Waals surface area contributed by atoms with Crippen molar-refractivity contribution in [1.29, 1.82) is 0 Å². The average molecular weight is 464 g/mol. The second-order valence-corrected chi connectivity index (χ2v) is 8.27. The van der Waals surface area contributed by atoms with Gasteiger partial charge in [0.1, 0.15) is 23.0 Å². The van der Waals surface area contributed by atoms with E-state index in [1.165, 1.54) is 22.9 Å². The highest BCUT2D eigenvalue weighted by Crippen LogP contribution is 2.36. The molecule has 1 fully saturated rings. The van der Waals surface area contributed by atoms with E-state index in [1.54, 1.807) is 12.1 Å². The van der Waals surface area contributed by atoms with Crippen molar-refractivity contribution in [1.82, 2.24) is 14.8 Å². The second-order valence-electron chi connectivity index (χ2n) is 8.27. The van der Waals surface area contributed by atoms with Crippen LogP contribution in [0.3, 0.4) is 0 Å². The zero-order valence-corrected chi connectivity index (χ0v) is 18.4. The minimum absolute atomic E-state index is 0.0545. The number of benzene rings is 2. The lowest BCUT2D eigenvalue weighted by molar-refractivity contribution is 0.144. The molecule has 1 N–H and O–H groups in total. The Morgan fingerprint density at radius 2 is 1.82 bits per heavy atom. The van der Waals surface area contributed by atoms with Crippen molar-refractivity contribution in [3.05, 3.63) is 82.1 Å². The molecular weight excluding hydrogens is 442 g/mol. The third-order valence-electron chi connectivity index (χ3n) is 5.91. The number of aromatic nitrogens is 3. The van der Waals surface area contributed by atoms with Crippen LogP contribution in [0, 0.1) is 18.6 Å². The Kier molecular flexibility index (Phi) is 5.70. The predicted octanol–water partition coefficient (Wildman–Crippen LogP) is 4.10. The molecule has 0 atom stereocenters. The van der Waals surface area contributed by atoms with E-state index < -0.39 is 11.6 Å². The van der Waals surface area contributed by atoms with Gasteiger partial charge in [0.05, 0.1) is 11.8 Å². The van der Waals surface area contributed by atoms with Gasteiger partial charge in [-0.25, -0.2) is 8.78 Å². The van der Waals surface area contributed by atoms with Crippen LogP contribution < -0.4 is 10.5 Å². The summed E-state index contributed by atoms with van der Waals surface area (Å²) in [4.78, 5) is 19.0. The number of aryl methyl sites for hydroxylation is 1. The molecule has 0 radical (unpaired) electrons. The van der Waals surface area contributed by atoms with Crippen molar-refractivity contribution >= 4 is 6.01 Å². The Bertz CT molecular complexity index is 1410. The molecule has 0 spiro atoms. The Morgan fingerprint density at radius 1 is 1.06 bits per heavy atom. The monoisotopic (exact) mass is 464 g/mol. The van der Waals surface area contributed by atoms with E-state index in [9.17, 15) is 18.7 Å². The molecule has 2 aromatic carbocycles. The number of aliphatic hydroxyl groups excluding tert-OH is 1. The number of rotatable bonds is 4. The number of piperidine rings is 1. The van der Waals surface area contributed by atoms with E-state index in [-0.39, 0.29) is 40.4 Å². The predicted molar refractivity (Wildman–Crippen MR) is 123 cm³/mol. The van der Waals surface area contributed by atoms with Gasteiger partial charge in [0.15, 0.2) is 5.76 Å². The summed E-state index contributed by atoms with van der Waals surface area (Å²) in [6.07, 6.45) is 0.710. The number of halogens is 2. The SMILES string of the molecule is Cc1ccccc1-n1nc(-c2oc(N3CCC(O)CC3)nc2-c2ccc(F)cc2F)ccc1=O. The van der Waals surface area contributed by atoms with E-state index in [0.717, 1.165) is 17.7 Å². The number of hydrogen-bond donors (Lipinski definition) is 1. The van der Waals surface area contributed by atoms with Gasteiger partial charge in [-0.1, -0.05) is 18.2 Å². The highest BCUT2D eigenvalue weighted by atomic mass is 19.1. The average Bonchev–Trinajstić information content (AvgIpc) is 3.25. The summed E-state index contributed by atoms with van der Waals surface area (Å²) in [5.41, 5.74) is 1.60. The third kappa shape index (κ3) is 4.10. The fraction of sp³-hybridized carbons (Fsp3) is 0.240. The molecule has 1 aliphatic heterocycles. The minimum Gasteiger partial charge on any atom is -0.421 e. The molecule has 3 heterocycles. The van der Waals surface area contributed by atoms with Gasteiger partial charge in [-0.2, -0.15) is 14.8 Å². The lowest BCUT2D eigenvalue weighted by Crippen LogP contribution is -2.35. The number of anilines is 1. The maximum absolute atomic E-state index is 14.8. The molecule has 1 saturated heterocycles. The van der Waals surface area contributed by atoms with Crippen molar-refractivity contribution in [3.8, 4) is 28.4 Å². The summed E-state index contributed by atoms with van der Waals surface area (Å²) in [6.45, 7) is 2.90. The number of para-hydroxylation sites is 1. The van der Waals surface area contributed by atoms with E-state index in [4.69, 9.17) is 4.42 Å². The maximum atomic E-state index is 14.8. The van der Waals surface area contributed by atoms with Crippen molar-refractivity contribution in [2.45, 2.75) is 25.9 Å². The number of oxazole rings is 1. The van der Waals surface area contributed by atoms with Crippen molar-refractivity contribution in [2.75, 3.05) is 18.0 Å². The second kappa shape index (κ2) is 8.83. The summed E-state index contributed by atoms with van der Waals surface area (Å²) in [5, 5.41) is 14.3. The number of hydrogen-bond acceptors (Lipinski definition) is 6. The largest absolute Gasteiger partial charge is 0.421 e. The van der Waals surface area contributed by atoms with Crippen LogP contribution in [0.2, 0.25) is 0 Å². The molecule has 2 aromatic heterocycles. The van der Waals surface area contributed by atoms with Gasteiger partial charge in [-0.3, -0.25) is 4.79 Å². The van der Waals surface area contributed by atoms with Gasteiger partial charge < -0.3 is 14.4 Å². The van der Waals surface area contributed by atoms with E-state index in [0.29, 0.717) is 31.6 Å². The summed E-state index contributed by atoms with van der Waals surface area (Å²) < 4.78 is 35.7. The summed E-state index contributed by atoms with van der Waals surface area (Å²) >= 11 is 0. The third-order valence-corrected chi connectivity index (χ3v) is 5.91. The fourth-order valence-corrected chi connectivity index (χ4v) is 4.04. The van der Waals surface area contributed by atoms with Gasteiger partial charge in [-0.05, 0) is 49.6 Å². The van der Waals surface area contributed by atoms with E-state index in [1.807, 2.05) is 24.0 Å². The Morgan fingerprint density at radius 3 is 2.56 bits per heavy atom. The highest BCUT2D eigenvalue weighted by molar-refractivity contribution is 5.76. The number of nitrogens with zero attached hydrogens (tertiary/aromatic N) is 4. The molecule has 9 heteroatoms. The van der Waals surface area contributed by atoms with Gasteiger partial charge in [-0.15, -0.1) is 0 Å². The first-order valence-corrected chi connectivity index (χ1v) is 11.0. The van der Waals surface area contributed by atoms with Crippen molar-refractivity contribution < 1.29 is 18.3 Å². The Labute approximate surface area is 193 Å². The smallest absolute Gasteiger partial charge is 0.298 e. The first kappa shape index (κ1) is 22.0. The van der Waals surface area contributed by atoms with Crippen LogP contribution in [0.25, 0.3) is 28.4 Å². The lowest BCUT2D eigenvalue weighted by Gasteiger charge is -2.27. The summed E-state index contributed by atoms with van der Waals surface area (Å²) in [7, 11) is 0. The maximum Gasteiger partial charge on any atom is 0.298 e. The van der Waals surface area contributed by atoms with Gasteiger partial charge >= 0.3 is 0 Å². The first-order chi connectivity index (χ1) is 16.4. The molecule has 0 aliphatic carbocycles. The van der Waals surface area contributed by atoms with Crippen LogP contribution in [0.1, 0.15) is 18.4 Å². The molecule has 0 saturated carbocycles. The fourth-order valence-electron chi connectivity index (χ4n) is 4.04. The minimum atomic E-state index is -0.789. The van der Waals surface area contributed by atoms with Crippen LogP contribution in [0.4, 0.5) is 14.8 Å². The van der Waals surface area contributed by atoms with Crippen LogP contribution in [-0.4, -0.2) is 39.1 Å². The van der Waals surface area contributed by atoms with Crippen LogP contribution >= 0.6 is 0 Å². The molecule has 174 valence electrons. The highest BCUT2D eigenvalue weighted by Gasteiger charge is 2.27. The molecular formula is C25H22F2N4O3. The van der Waals surface area contributed by atoms with Gasteiger partial charge in [0.2, 0.25) is 0 Å². The number of aliphatic hydroxyl groups is 1. The molecule has 1 aliphatic rings. The van der Waals surface area contributed by atoms with Crippen LogP contribution in [-0.2, 0) is 0 Å². The lowest BCUT2D eigenvalue weighted by atomic mass is 10.1. The van der Waals surface area contributed by atoms with Crippen LogP contribution in [0.5, 0.6) is 0 Å². The summed E-state index contributed by atoms with van der Waals surface area (Å²) in [5.74, 6) is -1.33. The quantitative estimate of drug-likeness (QED) is 0.490. The molecule has 4 aromatic rings. The van der Waals surface area contributed by atoms with Gasteiger partial charge in [0, 0.05) is 30.8 Å². The first-order valence-electron chi connectivity index (χ1n) is 11.0.